The first-order chi connectivity index (χ1) is 5.20. The maximum Gasteiger partial charge on any atom is 0.431 e. The van der Waals surface area contributed by atoms with Crippen LogP contribution in [0.4, 0.5) is 4.79 Å². The van der Waals surface area contributed by atoms with Gasteiger partial charge in [0, 0.05) is 6.54 Å². The molecular weight excluding hydrogens is 216 g/mol. The Bertz CT molecular complexity index is 151. The van der Waals surface area contributed by atoms with Crippen molar-refractivity contribution < 1.29 is 14.4 Å². The quantitative estimate of drug-likeness (QED) is 0.519. The summed E-state index contributed by atoms with van der Waals surface area (Å²) in [5, 5.41) is 2.44. The van der Waals surface area contributed by atoms with Crippen LogP contribution in [0.15, 0.2) is 0 Å². The van der Waals surface area contributed by atoms with Crippen molar-refractivity contribution in [1.29, 1.82) is 0 Å². The second-order valence-electron chi connectivity index (χ2n) is 1.58. The summed E-state index contributed by atoms with van der Waals surface area (Å²) in [6.45, 7) is 2.20. The highest BCUT2D eigenvalue weighted by Crippen LogP contribution is 1.78. The molecular formula is C5H9BrN2O3. The van der Waals surface area contributed by atoms with Gasteiger partial charge in [-0.2, -0.15) is 5.48 Å². The van der Waals surface area contributed by atoms with Gasteiger partial charge in [0.25, 0.3) is 5.91 Å². The zero-order valence-electron chi connectivity index (χ0n) is 6.02. The molecule has 0 spiro atoms. The maximum atomic E-state index is 10.5. The molecule has 0 aliphatic rings. The predicted molar refractivity (Wildman–Crippen MR) is 42.1 cm³/mol. The number of carbonyl (C=O) groups excluding carboxylic acids is 2. The molecule has 0 aromatic carbocycles. The number of halogens is 1. The van der Waals surface area contributed by atoms with Crippen LogP contribution in [0.3, 0.4) is 0 Å². The lowest BCUT2D eigenvalue weighted by Crippen LogP contribution is -2.33. The Morgan fingerprint density at radius 3 is 2.64 bits per heavy atom. The lowest BCUT2D eigenvalue weighted by molar-refractivity contribution is -0.126. The van der Waals surface area contributed by atoms with Gasteiger partial charge in [-0.1, -0.05) is 15.9 Å². The molecule has 2 amide bonds. The van der Waals surface area contributed by atoms with E-state index in [9.17, 15) is 9.59 Å². The molecule has 0 rings (SSSR count). The molecule has 0 aliphatic heterocycles. The number of hydrogen-bond donors (Lipinski definition) is 2. The van der Waals surface area contributed by atoms with Crippen LogP contribution in [0.2, 0.25) is 0 Å². The summed E-state index contributed by atoms with van der Waals surface area (Å²) < 4.78 is 0. The zero-order chi connectivity index (χ0) is 8.69. The maximum absolute atomic E-state index is 10.5. The fourth-order valence-electron chi connectivity index (χ4n) is 0.311. The minimum Gasteiger partial charge on any atom is -0.322 e. The number of carbonyl (C=O) groups is 2. The van der Waals surface area contributed by atoms with Crippen LogP contribution in [0.1, 0.15) is 6.92 Å². The fourth-order valence-corrected chi connectivity index (χ4v) is 0.425. The molecule has 0 fully saturated rings. The van der Waals surface area contributed by atoms with Gasteiger partial charge in [0.15, 0.2) is 0 Å². The van der Waals surface area contributed by atoms with E-state index in [1.54, 1.807) is 6.92 Å². The molecule has 2 N–H and O–H groups in total. The third-order valence-electron chi connectivity index (χ3n) is 0.700. The average Bonchev–Trinajstić information content (AvgIpc) is 2.01. The van der Waals surface area contributed by atoms with Crippen molar-refractivity contribution in [2.75, 3.05) is 11.9 Å². The van der Waals surface area contributed by atoms with Crippen molar-refractivity contribution in [2.45, 2.75) is 6.92 Å². The highest BCUT2D eigenvalue weighted by atomic mass is 79.9. The van der Waals surface area contributed by atoms with E-state index in [4.69, 9.17) is 0 Å². The molecule has 0 aromatic rings. The van der Waals surface area contributed by atoms with Gasteiger partial charge in [-0.3, -0.25) is 4.79 Å². The molecule has 6 heteroatoms. The van der Waals surface area contributed by atoms with Crippen LogP contribution in [0.25, 0.3) is 0 Å². The second-order valence-corrected chi connectivity index (χ2v) is 2.14. The molecule has 64 valence electrons. The van der Waals surface area contributed by atoms with E-state index in [2.05, 4.69) is 26.1 Å². The fraction of sp³-hybridized carbons (Fsp3) is 0.600. The van der Waals surface area contributed by atoms with E-state index in [1.165, 1.54) is 0 Å². The van der Waals surface area contributed by atoms with Crippen LogP contribution in [0, 0.1) is 0 Å². The number of alkyl halides is 1. The lowest BCUT2D eigenvalue weighted by Gasteiger charge is -2.03. The Hall–Kier alpha value is -0.780. The third-order valence-corrected chi connectivity index (χ3v) is 1.21. The number of rotatable bonds is 2. The van der Waals surface area contributed by atoms with Gasteiger partial charge in [-0.25, -0.2) is 4.79 Å². The minimum absolute atomic E-state index is 0.104. The third kappa shape index (κ3) is 5.65. The van der Waals surface area contributed by atoms with Crippen molar-refractivity contribution >= 4 is 27.9 Å². The Morgan fingerprint density at radius 1 is 1.55 bits per heavy atom. The van der Waals surface area contributed by atoms with Crippen molar-refractivity contribution in [3.8, 4) is 0 Å². The molecule has 0 saturated carbocycles. The molecule has 0 aromatic heterocycles. The van der Waals surface area contributed by atoms with Crippen molar-refractivity contribution in [2.24, 2.45) is 0 Å². The Morgan fingerprint density at radius 2 is 2.18 bits per heavy atom. The number of hydroxylamine groups is 1. The van der Waals surface area contributed by atoms with Gasteiger partial charge < -0.3 is 10.2 Å². The van der Waals surface area contributed by atoms with Crippen LogP contribution < -0.4 is 10.8 Å². The summed E-state index contributed by atoms with van der Waals surface area (Å²) >= 11 is 2.88. The molecule has 5 nitrogen and oxygen atoms in total. The molecule has 0 saturated heterocycles. The van der Waals surface area contributed by atoms with Gasteiger partial charge in [0.2, 0.25) is 0 Å². The first kappa shape index (κ1) is 10.2. The van der Waals surface area contributed by atoms with Gasteiger partial charge in [0.1, 0.15) is 0 Å². The standard InChI is InChI=1S/C5H9BrN2O3/c1-2-7-5(10)11-8-4(9)3-6/h2-3H2,1H3,(H,7,10)(H,8,9). The number of hydrogen-bond acceptors (Lipinski definition) is 3. The molecule has 0 radical (unpaired) electrons. The minimum atomic E-state index is -0.665. The summed E-state index contributed by atoms with van der Waals surface area (Å²) in [6.07, 6.45) is -0.665. The molecule has 0 heterocycles. The molecule has 11 heavy (non-hydrogen) atoms. The summed E-state index contributed by atoms with van der Waals surface area (Å²) in [5.74, 6) is -0.406. The summed E-state index contributed by atoms with van der Waals surface area (Å²) in [6, 6.07) is 0. The van der Waals surface area contributed by atoms with Gasteiger partial charge in [-0.05, 0) is 6.92 Å². The molecule has 0 bridgehead atoms. The van der Waals surface area contributed by atoms with E-state index < -0.39 is 12.0 Å². The summed E-state index contributed by atoms with van der Waals surface area (Å²) in [4.78, 5) is 25.2. The smallest absolute Gasteiger partial charge is 0.322 e. The Labute approximate surface area is 72.6 Å². The average molecular weight is 225 g/mol. The normalized spacial score (nSPS) is 8.55. The summed E-state index contributed by atoms with van der Waals surface area (Å²) in [5.41, 5.74) is 1.92. The number of nitrogens with one attached hydrogen (secondary N) is 2. The van der Waals surface area contributed by atoms with Crippen molar-refractivity contribution in [3.05, 3.63) is 0 Å². The highest BCUT2D eigenvalue weighted by molar-refractivity contribution is 9.09. The van der Waals surface area contributed by atoms with Gasteiger partial charge in [0.05, 0.1) is 5.33 Å². The van der Waals surface area contributed by atoms with E-state index >= 15 is 0 Å². The monoisotopic (exact) mass is 224 g/mol. The van der Waals surface area contributed by atoms with Crippen molar-refractivity contribution in [1.82, 2.24) is 10.8 Å². The first-order valence-corrected chi connectivity index (χ1v) is 4.12. The van der Waals surface area contributed by atoms with E-state index in [0.717, 1.165) is 0 Å². The molecule has 0 atom stereocenters. The lowest BCUT2D eigenvalue weighted by atomic mass is 10.7. The highest BCUT2D eigenvalue weighted by Gasteiger charge is 2.02. The Kier molecular flexibility index (Phi) is 5.54. The van der Waals surface area contributed by atoms with Crippen LogP contribution >= 0.6 is 15.9 Å². The van der Waals surface area contributed by atoms with E-state index in [-0.39, 0.29) is 5.33 Å². The largest absolute Gasteiger partial charge is 0.431 e. The van der Waals surface area contributed by atoms with Crippen LogP contribution in [0.5, 0.6) is 0 Å². The van der Waals surface area contributed by atoms with E-state index in [0.29, 0.717) is 6.54 Å². The number of amides is 2. The topological polar surface area (TPSA) is 67.4 Å². The Balaban J connectivity index is 3.38. The van der Waals surface area contributed by atoms with Gasteiger partial charge in [-0.15, -0.1) is 0 Å². The van der Waals surface area contributed by atoms with E-state index in [1.807, 2.05) is 5.48 Å². The first-order valence-electron chi connectivity index (χ1n) is 3.00. The second kappa shape index (κ2) is 5.96. The summed E-state index contributed by atoms with van der Waals surface area (Å²) in [7, 11) is 0. The van der Waals surface area contributed by atoms with Gasteiger partial charge >= 0.3 is 6.09 Å². The molecule has 0 aliphatic carbocycles. The SMILES string of the molecule is CCNC(=O)ONC(=O)CBr. The molecule has 0 unspecified atom stereocenters. The van der Waals surface area contributed by atoms with Crippen LogP contribution in [-0.4, -0.2) is 23.9 Å². The van der Waals surface area contributed by atoms with Crippen molar-refractivity contribution in [3.63, 3.8) is 0 Å². The predicted octanol–water partition coefficient (Wildman–Crippen LogP) is 0.159. The van der Waals surface area contributed by atoms with Crippen LogP contribution in [-0.2, 0) is 9.63 Å². The zero-order valence-corrected chi connectivity index (χ0v) is 7.60.